The van der Waals surface area contributed by atoms with Crippen molar-refractivity contribution < 1.29 is 0 Å². The van der Waals surface area contributed by atoms with Crippen LogP contribution in [-0.2, 0) is 0 Å². The van der Waals surface area contributed by atoms with Crippen molar-refractivity contribution >= 4 is 16.5 Å². The Morgan fingerprint density at radius 3 is 2.73 bits per heavy atom. The first-order valence-corrected chi connectivity index (χ1v) is 6.27. The number of rotatable bonds is 5. The number of nitrogens with one attached hydrogen (secondary N) is 1. The molecule has 0 aromatic carbocycles. The van der Waals surface area contributed by atoms with Crippen LogP contribution in [0.5, 0.6) is 0 Å². The molecule has 1 unspecified atom stereocenters. The minimum Gasteiger partial charge on any atom is -0.351 e. The van der Waals surface area contributed by atoms with Gasteiger partial charge in [-0.25, -0.2) is 4.98 Å². The van der Waals surface area contributed by atoms with E-state index in [4.69, 9.17) is 0 Å². The van der Waals surface area contributed by atoms with E-state index in [1.54, 1.807) is 11.3 Å². The van der Waals surface area contributed by atoms with E-state index in [1.807, 2.05) is 7.05 Å². The maximum Gasteiger partial charge on any atom is 0.185 e. The second kappa shape index (κ2) is 5.47. The summed E-state index contributed by atoms with van der Waals surface area (Å²) in [5.41, 5.74) is 1.15. The number of nitrogens with zero attached hydrogens (tertiary/aromatic N) is 2. The van der Waals surface area contributed by atoms with Crippen molar-refractivity contribution in [2.24, 2.45) is 0 Å². The lowest BCUT2D eigenvalue weighted by molar-refractivity contribution is 0.658. The molecule has 0 aliphatic rings. The zero-order chi connectivity index (χ0) is 11.4. The van der Waals surface area contributed by atoms with Gasteiger partial charge in [-0.15, -0.1) is 11.3 Å². The van der Waals surface area contributed by atoms with Gasteiger partial charge in [0.2, 0.25) is 0 Å². The third-order valence-electron chi connectivity index (χ3n) is 2.53. The van der Waals surface area contributed by atoms with E-state index in [2.05, 4.69) is 43.0 Å². The Hall–Kier alpha value is -0.610. The van der Waals surface area contributed by atoms with Crippen LogP contribution < -0.4 is 10.2 Å². The fraction of sp³-hybridized carbons (Fsp3) is 0.727. The van der Waals surface area contributed by atoms with Gasteiger partial charge in [0.25, 0.3) is 0 Å². The molecule has 1 aromatic rings. The standard InChI is InChI=1S/C11H21N3S/c1-6-7-14(5)11-13-9(3)10(15-11)8(2)12-4/h8,12H,6-7H2,1-5H3. The molecule has 0 saturated carbocycles. The highest BCUT2D eigenvalue weighted by molar-refractivity contribution is 7.15. The third kappa shape index (κ3) is 2.92. The normalized spacial score (nSPS) is 12.9. The lowest BCUT2D eigenvalue weighted by Crippen LogP contribution is -2.17. The molecule has 0 spiro atoms. The average molecular weight is 227 g/mol. The van der Waals surface area contributed by atoms with Gasteiger partial charge in [-0.3, -0.25) is 0 Å². The molecular formula is C11H21N3S. The van der Waals surface area contributed by atoms with Gasteiger partial charge in [0.15, 0.2) is 5.13 Å². The molecule has 1 aromatic heterocycles. The summed E-state index contributed by atoms with van der Waals surface area (Å²) < 4.78 is 0. The fourth-order valence-corrected chi connectivity index (χ4v) is 2.64. The first kappa shape index (κ1) is 12.5. The summed E-state index contributed by atoms with van der Waals surface area (Å²) in [5.74, 6) is 0. The van der Waals surface area contributed by atoms with Gasteiger partial charge in [-0.05, 0) is 27.3 Å². The van der Waals surface area contributed by atoms with E-state index < -0.39 is 0 Å². The number of aromatic nitrogens is 1. The van der Waals surface area contributed by atoms with Gasteiger partial charge in [0.05, 0.1) is 5.69 Å². The fourth-order valence-electron chi connectivity index (χ4n) is 1.52. The van der Waals surface area contributed by atoms with Crippen molar-refractivity contribution in [3.8, 4) is 0 Å². The molecule has 0 aliphatic heterocycles. The lowest BCUT2D eigenvalue weighted by atomic mass is 10.2. The zero-order valence-electron chi connectivity index (χ0n) is 10.3. The van der Waals surface area contributed by atoms with E-state index in [1.165, 1.54) is 4.88 Å². The second-order valence-electron chi connectivity index (χ2n) is 3.88. The van der Waals surface area contributed by atoms with Crippen LogP contribution in [0.4, 0.5) is 5.13 Å². The van der Waals surface area contributed by atoms with E-state index in [-0.39, 0.29) is 0 Å². The molecule has 0 aliphatic carbocycles. The summed E-state index contributed by atoms with van der Waals surface area (Å²) in [6, 6.07) is 0.395. The molecule has 15 heavy (non-hydrogen) atoms. The van der Waals surface area contributed by atoms with Crippen molar-refractivity contribution in [2.75, 3.05) is 25.5 Å². The smallest absolute Gasteiger partial charge is 0.185 e. The van der Waals surface area contributed by atoms with Gasteiger partial charge in [-0.2, -0.15) is 0 Å². The zero-order valence-corrected chi connectivity index (χ0v) is 11.1. The topological polar surface area (TPSA) is 28.2 Å². The molecule has 0 radical (unpaired) electrons. The van der Waals surface area contributed by atoms with Crippen molar-refractivity contribution in [1.82, 2.24) is 10.3 Å². The molecule has 0 bridgehead atoms. The maximum absolute atomic E-state index is 4.60. The van der Waals surface area contributed by atoms with Gasteiger partial charge in [-0.1, -0.05) is 6.92 Å². The molecule has 3 nitrogen and oxygen atoms in total. The molecule has 4 heteroatoms. The van der Waals surface area contributed by atoms with Crippen molar-refractivity contribution in [1.29, 1.82) is 0 Å². The van der Waals surface area contributed by atoms with E-state index in [0.717, 1.165) is 23.8 Å². The predicted molar refractivity (Wildman–Crippen MR) is 67.9 cm³/mol. The van der Waals surface area contributed by atoms with Crippen LogP contribution in [0, 0.1) is 6.92 Å². The lowest BCUT2D eigenvalue weighted by Gasteiger charge is -2.13. The second-order valence-corrected chi connectivity index (χ2v) is 4.89. The molecule has 86 valence electrons. The highest BCUT2D eigenvalue weighted by Crippen LogP contribution is 2.29. The number of anilines is 1. The van der Waals surface area contributed by atoms with Gasteiger partial charge in [0, 0.05) is 24.5 Å². The van der Waals surface area contributed by atoms with Crippen LogP contribution >= 0.6 is 11.3 Å². The largest absolute Gasteiger partial charge is 0.351 e. The van der Waals surface area contributed by atoms with Gasteiger partial charge < -0.3 is 10.2 Å². The van der Waals surface area contributed by atoms with Crippen molar-refractivity contribution in [3.63, 3.8) is 0 Å². The van der Waals surface area contributed by atoms with Gasteiger partial charge >= 0.3 is 0 Å². The highest BCUT2D eigenvalue weighted by Gasteiger charge is 2.14. The Balaban J connectivity index is 2.85. The molecule has 1 atom stereocenters. The molecule has 0 fully saturated rings. The Morgan fingerprint density at radius 2 is 2.20 bits per heavy atom. The predicted octanol–water partition coefficient (Wildman–Crippen LogP) is 2.58. The minimum atomic E-state index is 0.395. The van der Waals surface area contributed by atoms with Crippen LogP contribution in [0.2, 0.25) is 0 Å². The molecule has 1 N–H and O–H groups in total. The van der Waals surface area contributed by atoms with E-state index in [9.17, 15) is 0 Å². The summed E-state index contributed by atoms with van der Waals surface area (Å²) in [6.07, 6.45) is 1.16. The molecule has 0 saturated heterocycles. The van der Waals surface area contributed by atoms with Gasteiger partial charge in [0.1, 0.15) is 0 Å². The van der Waals surface area contributed by atoms with E-state index in [0.29, 0.717) is 6.04 Å². The van der Waals surface area contributed by atoms with Crippen LogP contribution in [0.25, 0.3) is 0 Å². The summed E-state index contributed by atoms with van der Waals surface area (Å²) >= 11 is 1.79. The first-order valence-electron chi connectivity index (χ1n) is 5.45. The monoisotopic (exact) mass is 227 g/mol. The molecule has 1 rings (SSSR count). The number of hydrogen-bond acceptors (Lipinski definition) is 4. The number of aryl methyl sites for hydroxylation is 1. The maximum atomic E-state index is 4.60. The summed E-state index contributed by atoms with van der Waals surface area (Å²) in [5, 5.41) is 4.39. The summed E-state index contributed by atoms with van der Waals surface area (Å²) in [6.45, 7) is 7.52. The number of thiazole rings is 1. The quantitative estimate of drug-likeness (QED) is 0.838. The minimum absolute atomic E-state index is 0.395. The Labute approximate surface area is 96.5 Å². The molecule has 0 amide bonds. The first-order chi connectivity index (χ1) is 7.10. The van der Waals surface area contributed by atoms with Crippen molar-refractivity contribution in [3.05, 3.63) is 10.6 Å². The van der Waals surface area contributed by atoms with E-state index >= 15 is 0 Å². The Morgan fingerprint density at radius 1 is 1.53 bits per heavy atom. The summed E-state index contributed by atoms with van der Waals surface area (Å²) in [4.78, 5) is 8.17. The van der Waals surface area contributed by atoms with Crippen LogP contribution in [0.3, 0.4) is 0 Å². The molecular weight excluding hydrogens is 206 g/mol. The Kier molecular flexibility index (Phi) is 4.54. The number of hydrogen-bond donors (Lipinski definition) is 1. The van der Waals surface area contributed by atoms with Crippen LogP contribution in [0.1, 0.15) is 36.9 Å². The average Bonchev–Trinajstić information content (AvgIpc) is 2.60. The van der Waals surface area contributed by atoms with Crippen LogP contribution in [-0.4, -0.2) is 25.6 Å². The summed E-state index contributed by atoms with van der Waals surface area (Å²) in [7, 11) is 4.09. The van der Waals surface area contributed by atoms with Crippen LogP contribution in [0.15, 0.2) is 0 Å². The molecule has 1 heterocycles. The highest BCUT2D eigenvalue weighted by atomic mass is 32.1. The Bertz CT molecular complexity index is 309. The third-order valence-corrected chi connectivity index (χ3v) is 3.99. The van der Waals surface area contributed by atoms with Crippen molar-refractivity contribution in [2.45, 2.75) is 33.2 Å². The SMILES string of the molecule is CCCN(C)c1nc(C)c(C(C)NC)s1.